The number of halogens is 2. The Kier molecular flexibility index (Phi) is 6.02. The van der Waals surface area contributed by atoms with Gasteiger partial charge in [0.25, 0.3) is 0 Å². The molecule has 0 radical (unpaired) electrons. The lowest BCUT2D eigenvalue weighted by Gasteiger charge is -2.44. The van der Waals surface area contributed by atoms with Gasteiger partial charge in [0.2, 0.25) is 5.91 Å². The Morgan fingerprint density at radius 2 is 1.96 bits per heavy atom. The summed E-state index contributed by atoms with van der Waals surface area (Å²) in [5.74, 6) is 1.29. The van der Waals surface area contributed by atoms with Gasteiger partial charge < -0.3 is 10.1 Å². The molecule has 136 valence electrons. The molecule has 0 unspecified atom stereocenters. The predicted octanol–water partition coefficient (Wildman–Crippen LogP) is 3.57. The minimum atomic E-state index is -0.392. The number of benzene rings is 1. The number of carbonyl (C=O) groups is 1. The summed E-state index contributed by atoms with van der Waals surface area (Å²) in [6, 6.07) is 6.43. The lowest BCUT2D eigenvalue weighted by Crippen LogP contribution is -2.46. The van der Waals surface area contributed by atoms with Crippen LogP contribution in [0.15, 0.2) is 18.2 Å². The van der Waals surface area contributed by atoms with Gasteiger partial charge in [-0.3, -0.25) is 4.79 Å². The van der Waals surface area contributed by atoms with Crippen molar-refractivity contribution >= 4 is 47.5 Å². The molecule has 1 aromatic carbocycles. The van der Waals surface area contributed by atoms with Crippen molar-refractivity contribution in [3.63, 3.8) is 0 Å². The molecule has 1 aromatic rings. The quantitative estimate of drug-likeness (QED) is 0.579. The molecule has 1 fully saturated rings. The summed E-state index contributed by atoms with van der Waals surface area (Å²) >= 11 is 11.8. The van der Waals surface area contributed by atoms with E-state index < -0.39 is 5.41 Å². The van der Waals surface area contributed by atoms with Gasteiger partial charge in [-0.05, 0) is 50.2 Å². The van der Waals surface area contributed by atoms with Crippen LogP contribution in [0.1, 0.15) is 44.1 Å². The van der Waals surface area contributed by atoms with Gasteiger partial charge in [0.1, 0.15) is 0 Å². The Morgan fingerprint density at radius 3 is 2.60 bits per heavy atom. The van der Waals surface area contributed by atoms with Crippen molar-refractivity contribution in [3.8, 4) is 0 Å². The van der Waals surface area contributed by atoms with E-state index in [0.29, 0.717) is 18.4 Å². The highest BCUT2D eigenvalue weighted by Gasteiger charge is 2.52. The number of rotatable bonds is 7. The topological polar surface area (TPSA) is 38.3 Å². The summed E-state index contributed by atoms with van der Waals surface area (Å²) in [6.45, 7) is 2.69. The monoisotopic (exact) mass is 381 g/mol. The second-order valence-electron chi connectivity index (χ2n) is 7.28. The van der Waals surface area contributed by atoms with Crippen LogP contribution in [-0.4, -0.2) is 37.2 Å². The Bertz CT molecular complexity index is 620. The SMILES string of the molecule is CBc1ccc2c(c1)NC(=O)C21CCC(CCCCl)(OCCCl)CC1. The third kappa shape index (κ3) is 3.58. The summed E-state index contributed by atoms with van der Waals surface area (Å²) < 4.78 is 6.16. The van der Waals surface area contributed by atoms with E-state index in [4.69, 9.17) is 27.9 Å². The number of alkyl halides is 2. The van der Waals surface area contributed by atoms with E-state index in [9.17, 15) is 4.79 Å². The fourth-order valence-corrected chi connectivity index (χ4v) is 4.65. The van der Waals surface area contributed by atoms with Crippen molar-refractivity contribution in [3.05, 3.63) is 23.8 Å². The smallest absolute Gasteiger partial charge is 0.235 e. The van der Waals surface area contributed by atoms with Crippen LogP contribution in [-0.2, 0) is 14.9 Å². The van der Waals surface area contributed by atoms with Crippen molar-refractivity contribution in [2.45, 2.75) is 56.4 Å². The fourth-order valence-electron chi connectivity index (χ4n) is 4.44. The average molecular weight is 382 g/mol. The van der Waals surface area contributed by atoms with Crippen LogP contribution in [0.3, 0.4) is 0 Å². The first-order valence-electron chi connectivity index (χ1n) is 9.30. The van der Waals surface area contributed by atoms with Crippen LogP contribution in [0.5, 0.6) is 0 Å². The molecule has 6 heteroatoms. The van der Waals surface area contributed by atoms with Crippen molar-refractivity contribution < 1.29 is 9.53 Å². The molecule has 1 spiro atoms. The lowest BCUT2D eigenvalue weighted by atomic mass is 9.64. The van der Waals surface area contributed by atoms with Gasteiger partial charge in [0, 0.05) is 17.4 Å². The van der Waals surface area contributed by atoms with E-state index in [1.54, 1.807) is 0 Å². The zero-order valence-electron chi connectivity index (χ0n) is 14.9. The maximum Gasteiger partial charge on any atom is 0.235 e. The second kappa shape index (κ2) is 7.90. The third-order valence-electron chi connectivity index (χ3n) is 5.96. The Labute approximate surface area is 161 Å². The molecule has 0 saturated heterocycles. The summed E-state index contributed by atoms with van der Waals surface area (Å²) in [5, 5.41) is 3.12. The number of hydrogen-bond acceptors (Lipinski definition) is 2. The molecule has 3 nitrogen and oxygen atoms in total. The summed E-state index contributed by atoms with van der Waals surface area (Å²) in [4.78, 5) is 12.9. The first-order valence-corrected chi connectivity index (χ1v) is 10.4. The zero-order chi connectivity index (χ0) is 17.9. The summed E-state index contributed by atoms with van der Waals surface area (Å²) in [6.07, 6.45) is 5.27. The maximum atomic E-state index is 12.9. The molecule has 1 heterocycles. The molecule has 0 bridgehead atoms. The number of carbonyl (C=O) groups excluding carboxylic acids is 1. The van der Waals surface area contributed by atoms with E-state index in [2.05, 4.69) is 30.3 Å². The van der Waals surface area contributed by atoms with E-state index in [0.717, 1.165) is 57.1 Å². The molecular weight excluding hydrogens is 356 g/mol. The van der Waals surface area contributed by atoms with Crippen molar-refractivity contribution in [1.82, 2.24) is 0 Å². The van der Waals surface area contributed by atoms with Crippen LogP contribution in [0, 0.1) is 0 Å². The van der Waals surface area contributed by atoms with E-state index in [-0.39, 0.29) is 11.5 Å². The highest BCUT2D eigenvalue weighted by molar-refractivity contribution is 6.52. The molecule has 0 aromatic heterocycles. The molecule has 1 saturated carbocycles. The maximum absolute atomic E-state index is 12.9. The van der Waals surface area contributed by atoms with E-state index in [1.807, 2.05) is 0 Å². The number of amides is 1. The van der Waals surface area contributed by atoms with Gasteiger partial charge >= 0.3 is 0 Å². The number of nitrogens with one attached hydrogen (secondary N) is 1. The molecule has 0 atom stereocenters. The van der Waals surface area contributed by atoms with Crippen LogP contribution in [0.4, 0.5) is 5.69 Å². The number of hydrogen-bond donors (Lipinski definition) is 1. The average Bonchev–Trinajstić information content (AvgIpc) is 2.91. The standard InChI is InChI=1S/C19H26BCl2NO2/c1-20-14-3-4-15-16(13-14)23-17(24)19(15)8-6-18(7-9-19,5-2-10-21)25-12-11-22/h3-4,13,20H,2,5-12H2,1H3,(H,23,24). The van der Waals surface area contributed by atoms with Gasteiger partial charge in [0.05, 0.1) is 17.6 Å². The zero-order valence-corrected chi connectivity index (χ0v) is 16.4. The first kappa shape index (κ1) is 19.1. The van der Waals surface area contributed by atoms with Crippen molar-refractivity contribution in [2.24, 2.45) is 0 Å². The molecule has 2 aliphatic rings. The molecule has 1 N–H and O–H groups in total. The van der Waals surface area contributed by atoms with Gasteiger partial charge in [-0.1, -0.05) is 24.4 Å². The third-order valence-corrected chi connectivity index (χ3v) is 6.38. The number of fused-ring (bicyclic) bond motifs is 2. The Morgan fingerprint density at radius 1 is 1.20 bits per heavy atom. The first-order chi connectivity index (χ1) is 12.1. The highest BCUT2D eigenvalue weighted by Crippen LogP contribution is 2.51. The Hall–Kier alpha value is -0.705. The minimum absolute atomic E-state index is 0.152. The van der Waals surface area contributed by atoms with Crippen LogP contribution >= 0.6 is 23.2 Å². The molecule has 25 heavy (non-hydrogen) atoms. The van der Waals surface area contributed by atoms with E-state index >= 15 is 0 Å². The van der Waals surface area contributed by atoms with E-state index in [1.165, 1.54) is 5.46 Å². The second-order valence-corrected chi connectivity index (χ2v) is 8.04. The van der Waals surface area contributed by atoms with Gasteiger partial charge in [-0.15, -0.1) is 23.2 Å². The largest absolute Gasteiger partial charge is 0.374 e. The fraction of sp³-hybridized carbons (Fsp3) is 0.632. The predicted molar refractivity (Wildman–Crippen MR) is 107 cm³/mol. The molecule has 3 rings (SSSR count). The van der Waals surface area contributed by atoms with Crippen molar-refractivity contribution in [2.75, 3.05) is 23.7 Å². The summed E-state index contributed by atoms with van der Waals surface area (Å²) in [7, 11) is 0.976. The molecule has 1 amide bonds. The van der Waals surface area contributed by atoms with Gasteiger partial charge in [0.15, 0.2) is 7.28 Å². The molecule has 1 aliphatic carbocycles. The Balaban J connectivity index is 1.81. The lowest BCUT2D eigenvalue weighted by molar-refractivity contribution is -0.127. The molecular formula is C19H26BCl2NO2. The summed E-state index contributed by atoms with van der Waals surface area (Å²) in [5.41, 5.74) is 2.85. The van der Waals surface area contributed by atoms with Crippen LogP contribution in [0.25, 0.3) is 0 Å². The number of anilines is 1. The normalized spacial score (nSPS) is 28.0. The van der Waals surface area contributed by atoms with Crippen LogP contribution < -0.4 is 10.8 Å². The minimum Gasteiger partial charge on any atom is -0.374 e. The van der Waals surface area contributed by atoms with Crippen molar-refractivity contribution in [1.29, 1.82) is 0 Å². The van der Waals surface area contributed by atoms with Gasteiger partial charge in [-0.25, -0.2) is 0 Å². The number of ether oxygens (including phenoxy) is 1. The highest BCUT2D eigenvalue weighted by atomic mass is 35.5. The molecule has 1 aliphatic heterocycles. The van der Waals surface area contributed by atoms with Crippen LogP contribution in [0.2, 0.25) is 6.82 Å². The van der Waals surface area contributed by atoms with Gasteiger partial charge in [-0.2, -0.15) is 0 Å².